The lowest BCUT2D eigenvalue weighted by Gasteiger charge is -2.25. The Morgan fingerprint density at radius 1 is 1.00 bits per heavy atom. The van der Waals surface area contributed by atoms with Crippen LogP contribution in [0.15, 0.2) is 12.1 Å². The van der Waals surface area contributed by atoms with Gasteiger partial charge in [0.2, 0.25) is 0 Å². The molecule has 0 fully saturated rings. The molecule has 1 nitrogen and oxygen atoms in total. The smallest absolute Gasteiger partial charge is 0.149 e. The van der Waals surface area contributed by atoms with Crippen LogP contribution in [0.2, 0.25) is 0 Å². The molecule has 0 amide bonds. The van der Waals surface area contributed by atoms with E-state index in [0.717, 1.165) is 25.7 Å². The molecule has 0 aliphatic heterocycles. The zero-order valence-electron chi connectivity index (χ0n) is 11.7. The molecule has 0 bridgehead atoms. The molecule has 1 rings (SSSR count). The van der Waals surface area contributed by atoms with Gasteiger partial charge in [-0.3, -0.25) is 0 Å². The predicted molar refractivity (Wildman–Crippen MR) is 77.9 cm³/mol. The van der Waals surface area contributed by atoms with E-state index in [2.05, 4.69) is 13.8 Å². The maximum Gasteiger partial charge on any atom is 0.149 e. The molecule has 0 unspecified atom stereocenters. The SMILES string of the molecule is CCCCN(CCCC)c1c(F)cc(CCl)cc1F. The number of halogens is 3. The van der Waals surface area contributed by atoms with Gasteiger partial charge in [-0.2, -0.15) is 0 Å². The largest absolute Gasteiger partial charge is 0.367 e. The van der Waals surface area contributed by atoms with Crippen LogP contribution in [-0.2, 0) is 5.88 Å². The highest BCUT2D eigenvalue weighted by atomic mass is 35.5. The first kappa shape index (κ1) is 16.2. The molecule has 0 N–H and O–H groups in total. The van der Waals surface area contributed by atoms with Crippen LogP contribution < -0.4 is 4.90 Å². The van der Waals surface area contributed by atoms with Gasteiger partial charge in [-0.1, -0.05) is 26.7 Å². The average molecular weight is 290 g/mol. The summed E-state index contributed by atoms with van der Waals surface area (Å²) >= 11 is 5.62. The molecule has 0 aromatic heterocycles. The molecule has 0 heterocycles. The molecule has 0 spiro atoms. The second-order valence-electron chi connectivity index (χ2n) is 4.74. The quantitative estimate of drug-likeness (QED) is 0.601. The van der Waals surface area contributed by atoms with Crippen LogP contribution in [0, 0.1) is 11.6 Å². The standard InChI is InChI=1S/C15H22ClF2N/c1-3-5-7-19(8-6-4-2)15-13(17)9-12(11-16)10-14(15)18/h9-10H,3-8,11H2,1-2H3. The van der Waals surface area contributed by atoms with Gasteiger partial charge < -0.3 is 4.90 Å². The van der Waals surface area contributed by atoms with Crippen molar-refractivity contribution >= 4 is 17.3 Å². The van der Waals surface area contributed by atoms with Gasteiger partial charge in [-0.15, -0.1) is 11.6 Å². The molecule has 108 valence electrons. The lowest BCUT2D eigenvalue weighted by Crippen LogP contribution is -2.27. The maximum absolute atomic E-state index is 14.1. The number of anilines is 1. The number of unbranched alkanes of at least 4 members (excludes halogenated alkanes) is 2. The number of nitrogens with zero attached hydrogens (tertiary/aromatic N) is 1. The summed E-state index contributed by atoms with van der Waals surface area (Å²) in [5, 5.41) is 0. The topological polar surface area (TPSA) is 3.24 Å². The third-order valence-corrected chi connectivity index (χ3v) is 3.42. The minimum absolute atomic E-state index is 0.0933. The highest BCUT2D eigenvalue weighted by molar-refractivity contribution is 6.17. The van der Waals surface area contributed by atoms with E-state index in [1.54, 1.807) is 0 Å². The lowest BCUT2D eigenvalue weighted by atomic mass is 10.1. The van der Waals surface area contributed by atoms with Crippen molar-refractivity contribution in [3.05, 3.63) is 29.3 Å². The molecule has 0 radical (unpaired) electrons. The van der Waals surface area contributed by atoms with E-state index < -0.39 is 11.6 Å². The van der Waals surface area contributed by atoms with Crippen molar-refractivity contribution < 1.29 is 8.78 Å². The monoisotopic (exact) mass is 289 g/mol. The third-order valence-electron chi connectivity index (χ3n) is 3.11. The number of alkyl halides is 1. The minimum Gasteiger partial charge on any atom is -0.367 e. The fraction of sp³-hybridized carbons (Fsp3) is 0.600. The van der Waals surface area contributed by atoms with Crippen LogP contribution in [0.1, 0.15) is 45.1 Å². The van der Waals surface area contributed by atoms with Crippen LogP contribution in [0.5, 0.6) is 0 Å². The molecular formula is C15H22ClF2N. The molecule has 0 atom stereocenters. The van der Waals surface area contributed by atoms with Crippen LogP contribution in [-0.4, -0.2) is 13.1 Å². The first-order valence-corrected chi connectivity index (χ1v) is 7.46. The van der Waals surface area contributed by atoms with Gasteiger partial charge in [0.05, 0.1) is 0 Å². The molecule has 19 heavy (non-hydrogen) atoms. The average Bonchev–Trinajstić information content (AvgIpc) is 2.40. The van der Waals surface area contributed by atoms with Gasteiger partial charge in [0.1, 0.15) is 17.3 Å². The Morgan fingerprint density at radius 3 is 1.84 bits per heavy atom. The Kier molecular flexibility index (Phi) is 7.14. The second kappa shape index (κ2) is 8.36. The van der Waals surface area contributed by atoms with Crippen LogP contribution in [0.3, 0.4) is 0 Å². The molecular weight excluding hydrogens is 268 g/mol. The molecule has 4 heteroatoms. The van der Waals surface area contributed by atoms with E-state index >= 15 is 0 Å². The highest BCUT2D eigenvalue weighted by Crippen LogP contribution is 2.26. The van der Waals surface area contributed by atoms with Crippen LogP contribution in [0.25, 0.3) is 0 Å². The number of rotatable bonds is 8. The maximum atomic E-state index is 14.1. The summed E-state index contributed by atoms with van der Waals surface area (Å²) in [6.45, 7) is 5.51. The second-order valence-corrected chi connectivity index (χ2v) is 5.00. The van der Waals surface area contributed by atoms with E-state index in [4.69, 9.17) is 11.6 Å². The number of hydrogen-bond donors (Lipinski definition) is 0. The summed E-state index contributed by atoms with van der Waals surface area (Å²) in [6.07, 6.45) is 3.87. The van der Waals surface area contributed by atoms with E-state index in [1.165, 1.54) is 12.1 Å². The molecule has 0 aliphatic carbocycles. The van der Waals surface area contributed by atoms with Crippen molar-refractivity contribution in [1.29, 1.82) is 0 Å². The first-order chi connectivity index (χ1) is 9.13. The zero-order chi connectivity index (χ0) is 14.3. The Bertz CT molecular complexity index is 365. The summed E-state index contributed by atoms with van der Waals surface area (Å²) in [5.41, 5.74) is 0.571. The molecule has 0 saturated heterocycles. The van der Waals surface area contributed by atoms with Crippen LogP contribution in [0.4, 0.5) is 14.5 Å². The van der Waals surface area contributed by atoms with Gasteiger partial charge in [0, 0.05) is 19.0 Å². The lowest BCUT2D eigenvalue weighted by molar-refractivity contribution is 0.559. The fourth-order valence-electron chi connectivity index (χ4n) is 2.03. The van der Waals surface area contributed by atoms with Crippen molar-refractivity contribution in [2.24, 2.45) is 0 Å². The Labute approximate surface area is 119 Å². The summed E-state index contributed by atoms with van der Waals surface area (Å²) in [7, 11) is 0. The predicted octanol–water partition coefficient (Wildman–Crippen LogP) is 5.11. The molecule has 0 saturated carbocycles. The molecule has 1 aromatic carbocycles. The van der Waals surface area contributed by atoms with Gasteiger partial charge in [0.15, 0.2) is 0 Å². The van der Waals surface area contributed by atoms with E-state index in [0.29, 0.717) is 18.7 Å². The van der Waals surface area contributed by atoms with E-state index in [1.807, 2.05) is 4.90 Å². The molecule has 0 aliphatic rings. The summed E-state index contributed by atoms with van der Waals surface area (Å²) in [6, 6.07) is 2.66. The van der Waals surface area contributed by atoms with E-state index in [-0.39, 0.29) is 11.6 Å². The Balaban J connectivity index is 2.99. The minimum atomic E-state index is -0.511. The summed E-state index contributed by atoms with van der Waals surface area (Å²) in [4.78, 5) is 1.82. The van der Waals surface area contributed by atoms with Crippen LogP contribution >= 0.6 is 11.6 Å². The van der Waals surface area contributed by atoms with Gasteiger partial charge in [-0.25, -0.2) is 8.78 Å². The molecule has 1 aromatic rings. The van der Waals surface area contributed by atoms with E-state index in [9.17, 15) is 8.78 Å². The zero-order valence-corrected chi connectivity index (χ0v) is 12.4. The Morgan fingerprint density at radius 2 is 1.47 bits per heavy atom. The van der Waals surface area contributed by atoms with Crippen molar-refractivity contribution in [2.75, 3.05) is 18.0 Å². The van der Waals surface area contributed by atoms with Crippen molar-refractivity contribution in [3.63, 3.8) is 0 Å². The number of hydrogen-bond acceptors (Lipinski definition) is 1. The first-order valence-electron chi connectivity index (χ1n) is 6.92. The van der Waals surface area contributed by atoms with Crippen molar-refractivity contribution in [2.45, 2.75) is 45.4 Å². The highest BCUT2D eigenvalue weighted by Gasteiger charge is 2.17. The Hall–Kier alpha value is -0.830. The normalized spacial score (nSPS) is 10.8. The summed E-state index contributed by atoms with van der Waals surface area (Å²) in [5.74, 6) is -0.899. The van der Waals surface area contributed by atoms with Crippen molar-refractivity contribution in [1.82, 2.24) is 0 Å². The van der Waals surface area contributed by atoms with Gasteiger partial charge in [0.25, 0.3) is 0 Å². The third kappa shape index (κ3) is 4.64. The number of benzene rings is 1. The summed E-state index contributed by atoms with van der Waals surface area (Å²) < 4.78 is 28.1. The van der Waals surface area contributed by atoms with Gasteiger partial charge >= 0.3 is 0 Å². The van der Waals surface area contributed by atoms with Gasteiger partial charge in [-0.05, 0) is 30.5 Å². The van der Waals surface area contributed by atoms with Crippen molar-refractivity contribution in [3.8, 4) is 0 Å². The fourth-order valence-corrected chi connectivity index (χ4v) is 2.18.